The third-order valence-electron chi connectivity index (χ3n) is 5.32. The lowest BCUT2D eigenvalue weighted by Crippen LogP contribution is -2.51. The first kappa shape index (κ1) is 20.2. The van der Waals surface area contributed by atoms with Gasteiger partial charge in [0.25, 0.3) is 0 Å². The van der Waals surface area contributed by atoms with Crippen molar-refractivity contribution in [1.82, 2.24) is 19.7 Å². The zero-order chi connectivity index (χ0) is 20.2. The first-order valence-corrected chi connectivity index (χ1v) is 10.9. The van der Waals surface area contributed by atoms with Crippen molar-refractivity contribution < 1.29 is 14.3 Å². The molecule has 29 heavy (non-hydrogen) atoms. The van der Waals surface area contributed by atoms with Crippen LogP contribution >= 0.6 is 11.8 Å². The van der Waals surface area contributed by atoms with E-state index in [4.69, 9.17) is 9.47 Å². The minimum atomic E-state index is -0.0953. The number of carbonyl (C=O) groups is 1. The average molecular weight is 418 g/mol. The van der Waals surface area contributed by atoms with E-state index in [9.17, 15) is 4.79 Å². The lowest BCUT2D eigenvalue weighted by Gasteiger charge is -2.35. The molecule has 2 saturated heterocycles. The molecule has 0 radical (unpaired) electrons. The third-order valence-corrected chi connectivity index (χ3v) is 6.53. The summed E-state index contributed by atoms with van der Waals surface area (Å²) >= 11 is 1.64. The summed E-state index contributed by atoms with van der Waals surface area (Å²) in [6.45, 7) is 4.60. The first-order chi connectivity index (χ1) is 14.1. The largest absolute Gasteiger partial charge is 0.375 e. The molecular formula is C20H27N5O3S. The fourth-order valence-electron chi connectivity index (χ4n) is 3.66. The summed E-state index contributed by atoms with van der Waals surface area (Å²) in [5.74, 6) is 0. The molecule has 2 amide bonds. The van der Waals surface area contributed by atoms with Crippen molar-refractivity contribution in [3.05, 3.63) is 36.2 Å². The van der Waals surface area contributed by atoms with Gasteiger partial charge in [-0.1, -0.05) is 23.9 Å². The molecule has 3 heterocycles. The lowest BCUT2D eigenvalue weighted by atomic mass is 10.1. The van der Waals surface area contributed by atoms with Crippen LogP contribution in [-0.2, 0) is 16.5 Å². The van der Waals surface area contributed by atoms with Crippen molar-refractivity contribution in [1.29, 1.82) is 0 Å². The normalized spacial score (nSPS) is 23.2. The van der Waals surface area contributed by atoms with E-state index in [0.29, 0.717) is 19.7 Å². The van der Waals surface area contributed by atoms with Crippen LogP contribution in [0.5, 0.6) is 0 Å². The Kier molecular flexibility index (Phi) is 6.37. The number of aryl methyl sites for hydroxylation is 1. The minimum Gasteiger partial charge on any atom is -0.375 e. The van der Waals surface area contributed by atoms with Crippen LogP contribution in [0.3, 0.4) is 0 Å². The number of aromatic nitrogens is 3. The fraction of sp³-hybridized carbons (Fsp3) is 0.550. The van der Waals surface area contributed by atoms with E-state index < -0.39 is 0 Å². The number of anilines is 1. The zero-order valence-electron chi connectivity index (χ0n) is 16.8. The molecule has 2 aliphatic rings. The molecule has 2 aromatic rings. The maximum Gasteiger partial charge on any atom is 0.322 e. The molecule has 1 aromatic heterocycles. The molecule has 4 rings (SSSR count). The van der Waals surface area contributed by atoms with Crippen LogP contribution in [0.4, 0.5) is 10.5 Å². The highest BCUT2D eigenvalue weighted by Crippen LogP contribution is 2.34. The summed E-state index contributed by atoms with van der Waals surface area (Å²) in [7, 11) is 1.93. The van der Waals surface area contributed by atoms with E-state index in [0.717, 1.165) is 35.9 Å². The molecule has 0 bridgehead atoms. The Morgan fingerprint density at radius 2 is 2.17 bits per heavy atom. The maximum absolute atomic E-state index is 12.8. The van der Waals surface area contributed by atoms with Crippen molar-refractivity contribution >= 4 is 23.5 Å². The van der Waals surface area contributed by atoms with Crippen molar-refractivity contribution in [2.75, 3.05) is 31.6 Å². The number of urea groups is 1. The van der Waals surface area contributed by atoms with Gasteiger partial charge >= 0.3 is 6.03 Å². The highest BCUT2D eigenvalue weighted by Gasteiger charge is 2.32. The van der Waals surface area contributed by atoms with Gasteiger partial charge in [0.15, 0.2) is 5.16 Å². The molecular weight excluding hydrogens is 390 g/mol. The second kappa shape index (κ2) is 9.15. The molecule has 2 aliphatic heterocycles. The van der Waals surface area contributed by atoms with Crippen LogP contribution in [0.15, 0.2) is 35.7 Å². The van der Waals surface area contributed by atoms with Gasteiger partial charge in [-0.25, -0.2) is 4.79 Å². The number of thioether (sulfide) groups is 1. The highest BCUT2D eigenvalue weighted by atomic mass is 32.2. The van der Waals surface area contributed by atoms with Gasteiger partial charge in [-0.05, 0) is 37.5 Å². The standard InChI is InChI=1S/C20H27N5O3S/c1-14(29-20-23-21-13-24(20)2)15-5-3-6-16(11-15)22-19(26)25-8-10-28-18(12-25)17-7-4-9-27-17/h3,5-6,11,13-14,17-18H,4,7-10,12H2,1-2H3,(H,22,26)/t14-,17+,18?/m0/s1. The topological polar surface area (TPSA) is 81.5 Å². The van der Waals surface area contributed by atoms with Gasteiger partial charge in [-0.3, -0.25) is 0 Å². The van der Waals surface area contributed by atoms with Crippen LogP contribution in [0.2, 0.25) is 0 Å². The van der Waals surface area contributed by atoms with Crippen molar-refractivity contribution in [3.8, 4) is 0 Å². The average Bonchev–Trinajstić information content (AvgIpc) is 3.41. The number of nitrogens with one attached hydrogen (secondary N) is 1. The monoisotopic (exact) mass is 417 g/mol. The summed E-state index contributed by atoms with van der Waals surface area (Å²) < 4.78 is 13.5. The summed E-state index contributed by atoms with van der Waals surface area (Å²) in [4.78, 5) is 14.6. The number of hydrogen-bond donors (Lipinski definition) is 1. The van der Waals surface area contributed by atoms with Crippen LogP contribution in [0.25, 0.3) is 0 Å². The fourth-order valence-corrected chi connectivity index (χ4v) is 4.56. The number of hydrogen-bond acceptors (Lipinski definition) is 6. The van der Waals surface area contributed by atoms with Gasteiger partial charge in [0, 0.05) is 31.1 Å². The molecule has 0 saturated carbocycles. The Balaban J connectivity index is 1.37. The van der Waals surface area contributed by atoms with Crippen molar-refractivity contribution in [2.45, 2.75) is 42.4 Å². The highest BCUT2D eigenvalue weighted by molar-refractivity contribution is 7.99. The van der Waals surface area contributed by atoms with Gasteiger partial charge in [-0.15, -0.1) is 10.2 Å². The Bertz CT molecular complexity index is 839. The Labute approximate surface area is 175 Å². The maximum atomic E-state index is 12.8. The van der Waals surface area contributed by atoms with Crippen molar-refractivity contribution in [3.63, 3.8) is 0 Å². The number of rotatable bonds is 5. The molecule has 1 unspecified atom stereocenters. The number of morpholine rings is 1. The van der Waals surface area contributed by atoms with Crippen LogP contribution < -0.4 is 5.32 Å². The van der Waals surface area contributed by atoms with Gasteiger partial charge < -0.3 is 24.3 Å². The van der Waals surface area contributed by atoms with E-state index in [2.05, 4.69) is 28.5 Å². The predicted molar refractivity (Wildman–Crippen MR) is 111 cm³/mol. The van der Waals surface area contributed by atoms with Gasteiger partial charge in [-0.2, -0.15) is 0 Å². The van der Waals surface area contributed by atoms with E-state index >= 15 is 0 Å². The van der Waals surface area contributed by atoms with Crippen LogP contribution in [0.1, 0.15) is 30.6 Å². The molecule has 1 N–H and O–H groups in total. The number of nitrogens with zero attached hydrogens (tertiary/aromatic N) is 4. The molecule has 3 atom stereocenters. The van der Waals surface area contributed by atoms with Crippen molar-refractivity contribution in [2.24, 2.45) is 7.05 Å². The Hall–Kier alpha value is -2.10. The van der Waals surface area contributed by atoms with Crippen LogP contribution in [-0.4, -0.2) is 64.2 Å². The second-order valence-corrected chi connectivity index (χ2v) is 8.75. The van der Waals surface area contributed by atoms with E-state index in [1.807, 2.05) is 34.7 Å². The quantitative estimate of drug-likeness (QED) is 0.753. The first-order valence-electron chi connectivity index (χ1n) is 10.00. The molecule has 0 aliphatic carbocycles. The number of carbonyl (C=O) groups excluding carboxylic acids is 1. The SMILES string of the molecule is C[C@H](Sc1nncn1C)c1cccc(NC(=O)N2CCOC([C@H]3CCCO3)C2)c1. The molecule has 8 nitrogen and oxygen atoms in total. The van der Waals surface area contributed by atoms with Gasteiger partial charge in [0.05, 0.1) is 19.3 Å². The van der Waals surface area contributed by atoms with E-state index in [1.165, 1.54) is 0 Å². The third kappa shape index (κ3) is 4.91. The number of ether oxygens (including phenoxy) is 2. The second-order valence-electron chi connectivity index (χ2n) is 7.45. The predicted octanol–water partition coefficient (Wildman–Crippen LogP) is 3.08. The number of benzene rings is 1. The summed E-state index contributed by atoms with van der Waals surface area (Å²) in [6.07, 6.45) is 3.83. The zero-order valence-corrected chi connectivity index (χ0v) is 17.6. The Morgan fingerprint density at radius 3 is 2.93 bits per heavy atom. The minimum absolute atomic E-state index is 0.0360. The summed E-state index contributed by atoms with van der Waals surface area (Å²) in [5.41, 5.74) is 1.91. The number of amides is 2. The molecule has 2 fully saturated rings. The molecule has 156 valence electrons. The molecule has 9 heteroatoms. The Morgan fingerprint density at radius 1 is 1.31 bits per heavy atom. The van der Waals surface area contributed by atoms with Gasteiger partial charge in [0.2, 0.25) is 0 Å². The van der Waals surface area contributed by atoms with Crippen LogP contribution in [0, 0.1) is 0 Å². The lowest BCUT2D eigenvalue weighted by molar-refractivity contribution is -0.0839. The van der Waals surface area contributed by atoms with Gasteiger partial charge in [0.1, 0.15) is 12.4 Å². The smallest absolute Gasteiger partial charge is 0.322 e. The summed E-state index contributed by atoms with van der Waals surface area (Å²) in [6, 6.07) is 7.87. The summed E-state index contributed by atoms with van der Waals surface area (Å²) in [5, 5.41) is 12.1. The molecule has 1 aromatic carbocycles. The van der Waals surface area contributed by atoms with E-state index in [-0.39, 0.29) is 23.5 Å². The van der Waals surface area contributed by atoms with E-state index in [1.54, 1.807) is 18.1 Å². The molecule has 0 spiro atoms.